The normalized spacial score (nSPS) is 10.5. The number of rotatable bonds is 6. The Kier molecular flexibility index (Phi) is 5.46. The molecule has 2 amide bonds. The van der Waals surface area contributed by atoms with Crippen LogP contribution in [0.3, 0.4) is 0 Å². The molecule has 0 atom stereocenters. The molecule has 0 spiro atoms. The molecule has 23 heavy (non-hydrogen) atoms. The first-order chi connectivity index (χ1) is 11.1. The molecule has 1 aromatic heterocycles. The second-order valence-electron chi connectivity index (χ2n) is 4.81. The summed E-state index contributed by atoms with van der Waals surface area (Å²) in [5.74, 6) is -0.588. The van der Waals surface area contributed by atoms with Crippen molar-refractivity contribution in [2.24, 2.45) is 7.05 Å². The number of amides is 2. The van der Waals surface area contributed by atoms with Crippen molar-refractivity contribution < 1.29 is 9.59 Å². The summed E-state index contributed by atoms with van der Waals surface area (Å²) in [5.41, 5.74) is 1.67. The number of nitrogens with zero attached hydrogens (tertiary/aromatic N) is 2. The summed E-state index contributed by atoms with van der Waals surface area (Å²) in [4.78, 5) is 24.1. The van der Waals surface area contributed by atoms with Crippen molar-refractivity contribution in [1.82, 2.24) is 15.1 Å². The summed E-state index contributed by atoms with van der Waals surface area (Å²) < 4.78 is 1.65. The SMILES string of the molecule is C=CCNC(=O)c1ccccc1NC(=O)C=Cc1cnn(C)c1. The van der Waals surface area contributed by atoms with E-state index in [4.69, 9.17) is 0 Å². The van der Waals surface area contributed by atoms with Gasteiger partial charge in [0.2, 0.25) is 5.91 Å². The van der Waals surface area contributed by atoms with Crippen LogP contribution in [0.2, 0.25) is 0 Å². The van der Waals surface area contributed by atoms with Gasteiger partial charge in [-0.05, 0) is 18.2 Å². The Balaban J connectivity index is 2.07. The first-order valence-corrected chi connectivity index (χ1v) is 7.06. The molecule has 0 bridgehead atoms. The molecule has 0 aliphatic carbocycles. The van der Waals surface area contributed by atoms with Gasteiger partial charge in [0.25, 0.3) is 5.91 Å². The fraction of sp³-hybridized carbons (Fsp3) is 0.118. The van der Waals surface area contributed by atoms with Crippen molar-refractivity contribution in [3.63, 3.8) is 0 Å². The molecule has 0 fully saturated rings. The van der Waals surface area contributed by atoms with Crippen LogP contribution in [0.5, 0.6) is 0 Å². The highest BCUT2D eigenvalue weighted by molar-refractivity contribution is 6.07. The monoisotopic (exact) mass is 310 g/mol. The van der Waals surface area contributed by atoms with Crippen LogP contribution in [-0.4, -0.2) is 28.1 Å². The Morgan fingerprint density at radius 1 is 1.35 bits per heavy atom. The second-order valence-corrected chi connectivity index (χ2v) is 4.81. The third kappa shape index (κ3) is 4.67. The highest BCUT2D eigenvalue weighted by atomic mass is 16.2. The zero-order valence-electron chi connectivity index (χ0n) is 12.8. The van der Waals surface area contributed by atoms with Crippen molar-refractivity contribution in [1.29, 1.82) is 0 Å². The minimum atomic E-state index is -0.321. The lowest BCUT2D eigenvalue weighted by atomic mass is 10.1. The van der Waals surface area contributed by atoms with Gasteiger partial charge in [-0.3, -0.25) is 14.3 Å². The van der Waals surface area contributed by atoms with Gasteiger partial charge >= 0.3 is 0 Å². The predicted molar refractivity (Wildman–Crippen MR) is 89.8 cm³/mol. The molecule has 2 rings (SSSR count). The van der Waals surface area contributed by atoms with Gasteiger partial charge in [0.15, 0.2) is 0 Å². The third-order valence-corrected chi connectivity index (χ3v) is 2.99. The van der Waals surface area contributed by atoms with Gasteiger partial charge in [-0.25, -0.2) is 0 Å². The summed E-state index contributed by atoms with van der Waals surface area (Å²) in [7, 11) is 1.80. The summed E-state index contributed by atoms with van der Waals surface area (Å²) in [6, 6.07) is 6.83. The molecule has 1 heterocycles. The maximum atomic E-state index is 12.0. The van der Waals surface area contributed by atoms with Crippen molar-refractivity contribution in [2.75, 3.05) is 11.9 Å². The Labute approximate surface area is 134 Å². The summed E-state index contributed by atoms with van der Waals surface area (Å²) >= 11 is 0. The minimum absolute atomic E-state index is 0.267. The Morgan fingerprint density at radius 2 is 2.13 bits per heavy atom. The van der Waals surface area contributed by atoms with Gasteiger partial charge in [-0.15, -0.1) is 6.58 Å². The minimum Gasteiger partial charge on any atom is -0.349 e. The molecular formula is C17H18N4O2. The van der Waals surface area contributed by atoms with Gasteiger partial charge in [0.05, 0.1) is 17.4 Å². The molecule has 0 saturated heterocycles. The van der Waals surface area contributed by atoms with Gasteiger partial charge < -0.3 is 10.6 Å². The first kappa shape index (κ1) is 16.2. The molecule has 2 aromatic rings. The molecule has 0 unspecified atom stereocenters. The summed E-state index contributed by atoms with van der Waals surface area (Å²) in [5, 5.41) is 9.41. The molecule has 1 aromatic carbocycles. The fourth-order valence-corrected chi connectivity index (χ4v) is 1.92. The fourth-order valence-electron chi connectivity index (χ4n) is 1.92. The van der Waals surface area contributed by atoms with Crippen molar-refractivity contribution >= 4 is 23.6 Å². The molecule has 2 N–H and O–H groups in total. The number of carbonyl (C=O) groups excluding carboxylic acids is 2. The predicted octanol–water partition coefficient (Wildman–Crippen LogP) is 1.99. The van der Waals surface area contributed by atoms with E-state index >= 15 is 0 Å². The van der Waals surface area contributed by atoms with Gasteiger partial charge in [-0.1, -0.05) is 18.2 Å². The number of anilines is 1. The largest absolute Gasteiger partial charge is 0.349 e. The van der Waals surface area contributed by atoms with Gasteiger partial charge in [-0.2, -0.15) is 5.10 Å². The topological polar surface area (TPSA) is 76.0 Å². The number of carbonyl (C=O) groups is 2. The van der Waals surface area contributed by atoms with Crippen LogP contribution < -0.4 is 10.6 Å². The molecule has 6 heteroatoms. The Morgan fingerprint density at radius 3 is 2.83 bits per heavy atom. The average molecular weight is 310 g/mol. The molecular weight excluding hydrogens is 292 g/mol. The second kappa shape index (κ2) is 7.74. The lowest BCUT2D eigenvalue weighted by Gasteiger charge is -2.09. The smallest absolute Gasteiger partial charge is 0.253 e. The van der Waals surface area contributed by atoms with E-state index in [9.17, 15) is 9.59 Å². The number of aromatic nitrogens is 2. The lowest BCUT2D eigenvalue weighted by molar-refractivity contribution is -0.111. The highest BCUT2D eigenvalue weighted by Gasteiger charge is 2.11. The highest BCUT2D eigenvalue weighted by Crippen LogP contribution is 2.15. The molecule has 0 aliphatic rings. The lowest BCUT2D eigenvalue weighted by Crippen LogP contribution is -2.24. The first-order valence-electron chi connectivity index (χ1n) is 7.06. The van der Waals surface area contributed by atoms with Crippen LogP contribution in [0, 0.1) is 0 Å². The van der Waals surface area contributed by atoms with Crippen molar-refractivity contribution in [2.45, 2.75) is 0 Å². The van der Waals surface area contributed by atoms with Crippen LogP contribution in [0.1, 0.15) is 15.9 Å². The van der Waals surface area contributed by atoms with E-state index in [0.29, 0.717) is 17.8 Å². The summed E-state index contributed by atoms with van der Waals surface area (Å²) in [6.07, 6.45) is 8.09. The quantitative estimate of drug-likeness (QED) is 0.633. The standard InChI is InChI=1S/C17H18N4O2/c1-3-10-18-17(23)14-6-4-5-7-15(14)20-16(22)9-8-13-11-19-21(2)12-13/h3-9,11-12H,1,10H2,2H3,(H,18,23)(H,20,22). The number of aryl methyl sites for hydroxylation is 1. The van der Waals surface area contributed by atoms with Crippen LogP contribution in [-0.2, 0) is 11.8 Å². The van der Waals surface area contributed by atoms with E-state index in [2.05, 4.69) is 22.3 Å². The Bertz CT molecular complexity index is 747. The van der Waals surface area contributed by atoms with E-state index in [-0.39, 0.29) is 11.8 Å². The number of nitrogens with one attached hydrogen (secondary N) is 2. The van der Waals surface area contributed by atoms with E-state index in [1.54, 1.807) is 60.5 Å². The molecule has 0 saturated carbocycles. The van der Waals surface area contributed by atoms with Gasteiger partial charge in [0, 0.05) is 31.4 Å². The van der Waals surface area contributed by atoms with Crippen molar-refractivity contribution in [3.05, 3.63) is 66.5 Å². The van der Waals surface area contributed by atoms with Crippen LogP contribution in [0.15, 0.2) is 55.4 Å². The molecule has 118 valence electrons. The number of hydrogen-bond donors (Lipinski definition) is 2. The Hall–Kier alpha value is -3.15. The maximum absolute atomic E-state index is 12.0. The third-order valence-electron chi connectivity index (χ3n) is 2.99. The van der Waals surface area contributed by atoms with Crippen LogP contribution in [0.4, 0.5) is 5.69 Å². The van der Waals surface area contributed by atoms with E-state index in [0.717, 1.165) is 5.56 Å². The van der Waals surface area contributed by atoms with Gasteiger partial charge in [0.1, 0.15) is 0 Å². The average Bonchev–Trinajstić information content (AvgIpc) is 2.96. The number of benzene rings is 1. The van der Waals surface area contributed by atoms with Crippen molar-refractivity contribution in [3.8, 4) is 0 Å². The molecule has 0 aliphatic heterocycles. The zero-order valence-corrected chi connectivity index (χ0v) is 12.8. The van der Waals surface area contributed by atoms with E-state index in [1.165, 1.54) is 6.08 Å². The van der Waals surface area contributed by atoms with E-state index < -0.39 is 0 Å². The summed E-state index contributed by atoms with van der Waals surface area (Å²) in [6.45, 7) is 3.91. The maximum Gasteiger partial charge on any atom is 0.253 e. The number of para-hydroxylation sites is 1. The zero-order chi connectivity index (χ0) is 16.7. The number of hydrogen-bond acceptors (Lipinski definition) is 3. The van der Waals surface area contributed by atoms with Crippen LogP contribution >= 0.6 is 0 Å². The van der Waals surface area contributed by atoms with Crippen LogP contribution in [0.25, 0.3) is 6.08 Å². The molecule has 0 radical (unpaired) electrons. The van der Waals surface area contributed by atoms with E-state index in [1.807, 2.05) is 0 Å². The molecule has 6 nitrogen and oxygen atoms in total.